The highest BCUT2D eigenvalue weighted by molar-refractivity contribution is 9.09. The van der Waals surface area contributed by atoms with Crippen molar-refractivity contribution in [3.63, 3.8) is 0 Å². The van der Waals surface area contributed by atoms with Crippen LogP contribution in [0.1, 0.15) is 12.1 Å². The zero-order chi connectivity index (χ0) is 11.0. The minimum Gasteiger partial charge on any atom is -0.381 e. The third-order valence-corrected chi connectivity index (χ3v) is 4.97. The molecule has 0 saturated carbocycles. The predicted molar refractivity (Wildman–Crippen MR) is 68.4 cm³/mol. The lowest BCUT2D eigenvalue weighted by atomic mass is 9.97. The summed E-state index contributed by atoms with van der Waals surface area (Å²) in [5.74, 6) is 0.554. The molecule has 2 atom stereocenters. The number of fused-ring (bicyclic) bond motifs is 1. The van der Waals surface area contributed by atoms with E-state index in [0.717, 1.165) is 31.0 Å². The van der Waals surface area contributed by atoms with E-state index in [2.05, 4.69) is 43.1 Å². The van der Waals surface area contributed by atoms with E-state index >= 15 is 0 Å². The molecule has 1 saturated heterocycles. The Morgan fingerprint density at radius 3 is 3.38 bits per heavy atom. The van der Waals surface area contributed by atoms with Crippen molar-refractivity contribution in [2.75, 3.05) is 13.2 Å². The molecule has 5 heteroatoms. The summed E-state index contributed by atoms with van der Waals surface area (Å²) in [5, 5.41) is 2.06. The molecule has 1 fully saturated rings. The van der Waals surface area contributed by atoms with E-state index in [-0.39, 0.29) is 0 Å². The van der Waals surface area contributed by atoms with Gasteiger partial charge in [-0.25, -0.2) is 4.98 Å². The lowest BCUT2D eigenvalue weighted by Crippen LogP contribution is -2.29. The number of nitrogens with zero attached hydrogens (tertiary/aromatic N) is 2. The molecule has 1 aliphatic rings. The minimum absolute atomic E-state index is 0.554. The molecule has 2 aromatic rings. The summed E-state index contributed by atoms with van der Waals surface area (Å²) in [6.45, 7) is 1.73. The van der Waals surface area contributed by atoms with Crippen molar-refractivity contribution in [3.05, 3.63) is 23.5 Å². The van der Waals surface area contributed by atoms with Crippen LogP contribution >= 0.6 is 27.3 Å². The Balaban J connectivity index is 1.76. The summed E-state index contributed by atoms with van der Waals surface area (Å²) < 4.78 is 7.61. The van der Waals surface area contributed by atoms with E-state index in [4.69, 9.17) is 4.74 Å². The molecular formula is C11H13BrN2OS. The van der Waals surface area contributed by atoms with Gasteiger partial charge in [0, 0.05) is 35.1 Å². The molecule has 0 bridgehead atoms. The molecule has 2 aromatic heterocycles. The van der Waals surface area contributed by atoms with E-state index in [1.54, 1.807) is 11.3 Å². The van der Waals surface area contributed by atoms with Gasteiger partial charge in [-0.2, -0.15) is 0 Å². The number of alkyl halides is 1. The first-order valence-corrected chi connectivity index (χ1v) is 7.25. The maximum absolute atomic E-state index is 5.52. The average Bonchev–Trinajstić information content (AvgIpc) is 2.81. The number of halogens is 1. The maximum atomic E-state index is 5.52. The van der Waals surface area contributed by atoms with Crippen LogP contribution in [-0.4, -0.2) is 27.4 Å². The zero-order valence-electron chi connectivity index (χ0n) is 8.80. The van der Waals surface area contributed by atoms with Gasteiger partial charge in [-0.1, -0.05) is 15.9 Å². The number of thiazole rings is 1. The van der Waals surface area contributed by atoms with E-state index < -0.39 is 0 Å². The number of imidazole rings is 1. The van der Waals surface area contributed by atoms with Gasteiger partial charge in [0.15, 0.2) is 4.96 Å². The molecule has 0 spiro atoms. The van der Waals surface area contributed by atoms with Gasteiger partial charge in [-0.05, 0) is 12.8 Å². The fraction of sp³-hybridized carbons (Fsp3) is 0.545. The number of rotatable bonds is 2. The second-order valence-electron chi connectivity index (χ2n) is 4.17. The van der Waals surface area contributed by atoms with Gasteiger partial charge in [0.2, 0.25) is 0 Å². The van der Waals surface area contributed by atoms with Gasteiger partial charge in [0.25, 0.3) is 0 Å². The third-order valence-electron chi connectivity index (χ3n) is 3.00. The van der Waals surface area contributed by atoms with Crippen molar-refractivity contribution in [1.29, 1.82) is 0 Å². The Hall–Kier alpha value is -0.390. The smallest absolute Gasteiger partial charge is 0.193 e. The topological polar surface area (TPSA) is 26.5 Å². The highest BCUT2D eigenvalue weighted by Crippen LogP contribution is 2.25. The Bertz CT molecular complexity index is 452. The van der Waals surface area contributed by atoms with Gasteiger partial charge in [-0.15, -0.1) is 11.3 Å². The van der Waals surface area contributed by atoms with Crippen molar-refractivity contribution in [2.45, 2.75) is 17.7 Å². The van der Waals surface area contributed by atoms with Gasteiger partial charge < -0.3 is 4.74 Å². The van der Waals surface area contributed by atoms with Crippen LogP contribution in [0.5, 0.6) is 0 Å². The summed E-state index contributed by atoms with van der Waals surface area (Å²) >= 11 is 5.41. The molecule has 0 amide bonds. The molecule has 86 valence electrons. The van der Waals surface area contributed by atoms with Crippen LogP contribution in [0.25, 0.3) is 4.96 Å². The van der Waals surface area contributed by atoms with Crippen LogP contribution < -0.4 is 0 Å². The predicted octanol–water partition coefficient (Wildman–Crippen LogP) is 2.74. The zero-order valence-corrected chi connectivity index (χ0v) is 11.2. The first kappa shape index (κ1) is 10.7. The van der Waals surface area contributed by atoms with Crippen molar-refractivity contribution < 1.29 is 4.74 Å². The lowest BCUT2D eigenvalue weighted by Gasteiger charge is -2.26. The Kier molecular flexibility index (Phi) is 3.00. The van der Waals surface area contributed by atoms with Gasteiger partial charge in [0.1, 0.15) is 0 Å². The molecular weight excluding hydrogens is 288 g/mol. The van der Waals surface area contributed by atoms with Crippen molar-refractivity contribution >= 4 is 32.2 Å². The Morgan fingerprint density at radius 1 is 1.62 bits per heavy atom. The van der Waals surface area contributed by atoms with E-state index in [0.29, 0.717) is 10.7 Å². The van der Waals surface area contributed by atoms with Crippen LogP contribution in [0.3, 0.4) is 0 Å². The van der Waals surface area contributed by atoms with Crippen molar-refractivity contribution in [2.24, 2.45) is 5.92 Å². The summed E-state index contributed by atoms with van der Waals surface area (Å²) in [4.78, 5) is 6.26. The lowest BCUT2D eigenvalue weighted by molar-refractivity contribution is 0.0602. The summed E-state index contributed by atoms with van der Waals surface area (Å²) in [6.07, 6.45) is 6.29. The molecule has 0 aliphatic carbocycles. The first-order chi connectivity index (χ1) is 7.83. The number of hydrogen-bond acceptors (Lipinski definition) is 3. The van der Waals surface area contributed by atoms with E-state index in [1.165, 1.54) is 5.69 Å². The molecule has 3 rings (SSSR count). The normalized spacial score (nSPS) is 26.3. The van der Waals surface area contributed by atoms with Crippen LogP contribution in [0.15, 0.2) is 17.8 Å². The van der Waals surface area contributed by atoms with Crippen molar-refractivity contribution in [1.82, 2.24) is 9.38 Å². The second kappa shape index (κ2) is 4.47. The van der Waals surface area contributed by atoms with Gasteiger partial charge in [-0.3, -0.25) is 4.40 Å². The molecule has 0 aromatic carbocycles. The number of aromatic nitrogens is 2. The third kappa shape index (κ3) is 2.04. The SMILES string of the molecule is BrC1CCOCC1Cc1cn2ccsc2n1. The van der Waals surface area contributed by atoms with E-state index in [9.17, 15) is 0 Å². The van der Waals surface area contributed by atoms with Crippen LogP contribution in [0.4, 0.5) is 0 Å². The fourth-order valence-electron chi connectivity index (χ4n) is 2.10. The van der Waals surface area contributed by atoms with Crippen molar-refractivity contribution in [3.8, 4) is 0 Å². The van der Waals surface area contributed by atoms with Crippen LogP contribution in [0.2, 0.25) is 0 Å². The molecule has 1 aliphatic heterocycles. The number of ether oxygens (including phenoxy) is 1. The molecule has 3 heterocycles. The molecule has 16 heavy (non-hydrogen) atoms. The van der Waals surface area contributed by atoms with Crippen LogP contribution in [-0.2, 0) is 11.2 Å². The van der Waals surface area contributed by atoms with Gasteiger partial charge in [0.05, 0.1) is 12.3 Å². The molecule has 2 unspecified atom stereocenters. The summed E-state index contributed by atoms with van der Waals surface area (Å²) in [5.41, 5.74) is 1.17. The maximum Gasteiger partial charge on any atom is 0.193 e. The summed E-state index contributed by atoms with van der Waals surface area (Å²) in [7, 11) is 0. The van der Waals surface area contributed by atoms with E-state index in [1.807, 2.05) is 0 Å². The highest BCUT2D eigenvalue weighted by atomic mass is 79.9. The standard InChI is InChI=1S/C11H13BrN2OS/c12-10-1-3-15-7-8(10)5-9-6-14-2-4-16-11(14)13-9/h2,4,6,8,10H,1,3,5,7H2. The average molecular weight is 301 g/mol. The fourth-order valence-corrected chi connectivity index (χ4v) is 3.35. The first-order valence-electron chi connectivity index (χ1n) is 5.46. The molecule has 0 radical (unpaired) electrons. The second-order valence-corrected chi connectivity index (χ2v) is 6.22. The molecule has 0 N–H and O–H groups in total. The van der Waals surface area contributed by atoms with Gasteiger partial charge >= 0.3 is 0 Å². The highest BCUT2D eigenvalue weighted by Gasteiger charge is 2.24. The Labute approximate surface area is 107 Å². The quantitative estimate of drug-likeness (QED) is 0.797. The van der Waals surface area contributed by atoms with Crippen LogP contribution in [0, 0.1) is 5.92 Å². The molecule has 3 nitrogen and oxygen atoms in total. The summed E-state index contributed by atoms with van der Waals surface area (Å²) in [6, 6.07) is 0. The Morgan fingerprint density at radius 2 is 2.56 bits per heavy atom. The monoisotopic (exact) mass is 300 g/mol. The minimum atomic E-state index is 0.554. The number of hydrogen-bond donors (Lipinski definition) is 0. The largest absolute Gasteiger partial charge is 0.381 e.